The first-order valence-corrected chi connectivity index (χ1v) is 6.66. The SMILES string of the molecule is CC(C=O)(Cc1ccc(S)cc1)N1CCOCC1. The van der Waals surface area contributed by atoms with Crippen LogP contribution in [0.3, 0.4) is 0 Å². The van der Waals surface area contributed by atoms with Crippen LogP contribution in [0.25, 0.3) is 0 Å². The number of rotatable bonds is 4. The minimum Gasteiger partial charge on any atom is -0.379 e. The first kappa shape index (κ1) is 13.6. The van der Waals surface area contributed by atoms with Gasteiger partial charge in [-0.25, -0.2) is 0 Å². The summed E-state index contributed by atoms with van der Waals surface area (Å²) in [6.45, 7) is 5.05. The van der Waals surface area contributed by atoms with Crippen LogP contribution in [0, 0.1) is 0 Å². The van der Waals surface area contributed by atoms with Gasteiger partial charge < -0.3 is 9.53 Å². The van der Waals surface area contributed by atoms with E-state index in [4.69, 9.17) is 4.74 Å². The maximum absolute atomic E-state index is 11.5. The fourth-order valence-electron chi connectivity index (χ4n) is 2.33. The molecular formula is C14H19NO2S. The Morgan fingerprint density at radius 2 is 1.94 bits per heavy atom. The molecule has 2 rings (SSSR count). The van der Waals surface area contributed by atoms with Crippen LogP contribution in [0.1, 0.15) is 12.5 Å². The number of carbonyl (C=O) groups excluding carboxylic acids is 1. The molecule has 4 heteroatoms. The lowest BCUT2D eigenvalue weighted by molar-refractivity contribution is -0.120. The Morgan fingerprint density at radius 3 is 2.50 bits per heavy atom. The van der Waals surface area contributed by atoms with E-state index in [0.29, 0.717) is 13.2 Å². The van der Waals surface area contributed by atoms with E-state index in [1.54, 1.807) is 0 Å². The third-order valence-corrected chi connectivity index (χ3v) is 3.78. The van der Waals surface area contributed by atoms with Crippen molar-refractivity contribution in [2.75, 3.05) is 26.3 Å². The third kappa shape index (κ3) is 3.13. The molecule has 0 aromatic heterocycles. The monoisotopic (exact) mass is 265 g/mol. The number of thiol groups is 1. The quantitative estimate of drug-likeness (QED) is 0.665. The maximum Gasteiger partial charge on any atom is 0.140 e. The smallest absolute Gasteiger partial charge is 0.140 e. The number of nitrogens with zero attached hydrogens (tertiary/aromatic N) is 1. The summed E-state index contributed by atoms with van der Waals surface area (Å²) in [7, 11) is 0. The molecule has 1 atom stereocenters. The number of ether oxygens (including phenoxy) is 1. The first-order valence-electron chi connectivity index (χ1n) is 6.21. The Morgan fingerprint density at radius 1 is 1.33 bits per heavy atom. The van der Waals surface area contributed by atoms with Crippen molar-refractivity contribution in [3.05, 3.63) is 29.8 Å². The van der Waals surface area contributed by atoms with E-state index in [9.17, 15) is 4.79 Å². The van der Waals surface area contributed by atoms with Crippen molar-refractivity contribution in [3.8, 4) is 0 Å². The molecule has 0 saturated carbocycles. The molecule has 1 aromatic rings. The van der Waals surface area contributed by atoms with E-state index in [1.165, 1.54) is 0 Å². The summed E-state index contributed by atoms with van der Waals surface area (Å²) < 4.78 is 5.34. The summed E-state index contributed by atoms with van der Waals surface area (Å²) in [5, 5.41) is 0. The van der Waals surface area contributed by atoms with E-state index in [-0.39, 0.29) is 0 Å². The normalized spacial score (nSPS) is 20.3. The van der Waals surface area contributed by atoms with Gasteiger partial charge in [0.1, 0.15) is 6.29 Å². The van der Waals surface area contributed by atoms with Gasteiger partial charge in [0.15, 0.2) is 0 Å². The third-order valence-electron chi connectivity index (χ3n) is 3.49. The van der Waals surface area contributed by atoms with E-state index < -0.39 is 5.54 Å². The maximum atomic E-state index is 11.5. The molecule has 0 amide bonds. The van der Waals surface area contributed by atoms with Crippen molar-refractivity contribution in [1.82, 2.24) is 4.90 Å². The van der Waals surface area contributed by atoms with E-state index >= 15 is 0 Å². The zero-order chi connectivity index (χ0) is 13.0. The number of aldehydes is 1. The van der Waals surface area contributed by atoms with Gasteiger partial charge in [-0.15, -0.1) is 12.6 Å². The number of morpholine rings is 1. The molecule has 0 aliphatic carbocycles. The van der Waals surface area contributed by atoms with Crippen LogP contribution in [0.4, 0.5) is 0 Å². The Hall–Kier alpha value is -0.840. The largest absolute Gasteiger partial charge is 0.379 e. The number of benzene rings is 1. The zero-order valence-electron chi connectivity index (χ0n) is 10.6. The van der Waals surface area contributed by atoms with Crippen molar-refractivity contribution in [1.29, 1.82) is 0 Å². The molecule has 0 radical (unpaired) electrons. The van der Waals surface area contributed by atoms with Crippen molar-refractivity contribution in [2.24, 2.45) is 0 Å². The molecule has 1 saturated heterocycles. The zero-order valence-corrected chi connectivity index (χ0v) is 11.5. The number of hydrogen-bond donors (Lipinski definition) is 1. The minimum absolute atomic E-state index is 0.443. The molecule has 18 heavy (non-hydrogen) atoms. The van der Waals surface area contributed by atoms with Crippen molar-refractivity contribution in [2.45, 2.75) is 23.8 Å². The highest BCUT2D eigenvalue weighted by atomic mass is 32.1. The molecule has 1 fully saturated rings. The van der Waals surface area contributed by atoms with Crippen LogP contribution in [0.2, 0.25) is 0 Å². The second-order valence-corrected chi connectivity index (χ2v) is 5.43. The molecule has 1 heterocycles. The molecule has 0 spiro atoms. The highest BCUT2D eigenvalue weighted by Gasteiger charge is 2.32. The fraction of sp³-hybridized carbons (Fsp3) is 0.500. The number of carbonyl (C=O) groups is 1. The predicted octanol–water partition coefficient (Wildman–Crippen LogP) is 1.81. The average molecular weight is 265 g/mol. The molecule has 1 aromatic carbocycles. The summed E-state index contributed by atoms with van der Waals surface area (Å²) >= 11 is 4.27. The van der Waals surface area contributed by atoms with E-state index in [2.05, 4.69) is 17.5 Å². The molecule has 0 N–H and O–H groups in total. The van der Waals surface area contributed by atoms with Crippen LogP contribution < -0.4 is 0 Å². The summed E-state index contributed by atoms with van der Waals surface area (Å²) in [5.41, 5.74) is 0.718. The van der Waals surface area contributed by atoms with Gasteiger partial charge in [0.25, 0.3) is 0 Å². The second kappa shape index (κ2) is 5.87. The van der Waals surface area contributed by atoms with Gasteiger partial charge in [-0.05, 0) is 31.0 Å². The van der Waals surface area contributed by atoms with Gasteiger partial charge in [0.05, 0.1) is 18.8 Å². The van der Waals surface area contributed by atoms with E-state index in [1.807, 2.05) is 31.2 Å². The van der Waals surface area contributed by atoms with Crippen LogP contribution >= 0.6 is 12.6 Å². The Labute approximate surface area is 114 Å². The minimum atomic E-state index is -0.443. The van der Waals surface area contributed by atoms with Gasteiger partial charge >= 0.3 is 0 Å². The van der Waals surface area contributed by atoms with Crippen molar-refractivity contribution < 1.29 is 9.53 Å². The lowest BCUT2D eigenvalue weighted by atomic mass is 9.92. The Bertz CT molecular complexity index is 401. The summed E-state index contributed by atoms with van der Waals surface area (Å²) in [6, 6.07) is 7.99. The molecule has 0 bridgehead atoms. The van der Waals surface area contributed by atoms with Crippen LogP contribution in [-0.2, 0) is 16.0 Å². The van der Waals surface area contributed by atoms with Gasteiger partial charge in [-0.2, -0.15) is 0 Å². The molecule has 1 aliphatic rings. The van der Waals surface area contributed by atoms with Gasteiger partial charge in [-0.3, -0.25) is 4.90 Å². The molecule has 3 nitrogen and oxygen atoms in total. The molecule has 1 unspecified atom stereocenters. The molecular weight excluding hydrogens is 246 g/mol. The highest BCUT2D eigenvalue weighted by Crippen LogP contribution is 2.21. The summed E-state index contributed by atoms with van der Waals surface area (Å²) in [4.78, 5) is 14.6. The second-order valence-electron chi connectivity index (χ2n) is 4.92. The first-order chi connectivity index (χ1) is 8.64. The summed E-state index contributed by atoms with van der Waals surface area (Å²) in [6.07, 6.45) is 1.79. The average Bonchev–Trinajstić information content (AvgIpc) is 2.42. The van der Waals surface area contributed by atoms with Gasteiger partial charge in [0.2, 0.25) is 0 Å². The standard InChI is InChI=1S/C14H19NO2S/c1-14(11-16,15-6-8-17-9-7-15)10-12-2-4-13(18)5-3-12/h2-5,11,18H,6-10H2,1H3. The molecule has 98 valence electrons. The van der Waals surface area contributed by atoms with Gasteiger partial charge in [0, 0.05) is 18.0 Å². The molecule has 1 aliphatic heterocycles. The summed E-state index contributed by atoms with van der Waals surface area (Å²) in [5.74, 6) is 0. The van der Waals surface area contributed by atoms with Crippen LogP contribution in [0.15, 0.2) is 29.2 Å². The van der Waals surface area contributed by atoms with E-state index in [0.717, 1.165) is 36.3 Å². The topological polar surface area (TPSA) is 29.5 Å². The Kier molecular flexibility index (Phi) is 4.43. The van der Waals surface area contributed by atoms with Crippen LogP contribution in [0.5, 0.6) is 0 Å². The lowest BCUT2D eigenvalue weighted by Gasteiger charge is -2.39. The van der Waals surface area contributed by atoms with Crippen LogP contribution in [-0.4, -0.2) is 43.0 Å². The Balaban J connectivity index is 2.11. The lowest BCUT2D eigenvalue weighted by Crippen LogP contribution is -2.54. The fourth-order valence-corrected chi connectivity index (χ4v) is 2.48. The predicted molar refractivity (Wildman–Crippen MR) is 74.3 cm³/mol. The highest BCUT2D eigenvalue weighted by molar-refractivity contribution is 7.80. The van der Waals surface area contributed by atoms with Crippen molar-refractivity contribution >= 4 is 18.9 Å². The van der Waals surface area contributed by atoms with Gasteiger partial charge in [-0.1, -0.05) is 12.1 Å². The van der Waals surface area contributed by atoms with Crippen molar-refractivity contribution in [3.63, 3.8) is 0 Å². The number of hydrogen-bond acceptors (Lipinski definition) is 4.